The van der Waals surface area contributed by atoms with Crippen LogP contribution in [-0.2, 0) is 6.42 Å². The lowest BCUT2D eigenvalue weighted by molar-refractivity contribution is 0.102. The van der Waals surface area contributed by atoms with Gasteiger partial charge in [0.15, 0.2) is 0 Å². The fraction of sp³-hybridized carbons (Fsp3) is 0.182. The van der Waals surface area contributed by atoms with Crippen molar-refractivity contribution in [3.63, 3.8) is 0 Å². The molecule has 0 bridgehead atoms. The number of hydrogen-bond donors (Lipinski definition) is 2. The summed E-state index contributed by atoms with van der Waals surface area (Å²) in [5.41, 5.74) is 5.59. The van der Waals surface area contributed by atoms with E-state index in [1.807, 2.05) is 50.2 Å². The molecule has 0 unspecified atom stereocenters. The normalized spacial score (nSPS) is 10.4. The van der Waals surface area contributed by atoms with Gasteiger partial charge in [0.2, 0.25) is 0 Å². The second kappa shape index (κ2) is 8.30. The molecule has 1 heterocycles. The molecular formula is C22H23N3O. The van der Waals surface area contributed by atoms with Gasteiger partial charge in [-0.1, -0.05) is 36.4 Å². The van der Waals surface area contributed by atoms with E-state index in [9.17, 15) is 4.79 Å². The minimum Gasteiger partial charge on any atom is -0.385 e. The topological polar surface area (TPSA) is 54.0 Å². The number of anilines is 2. The van der Waals surface area contributed by atoms with E-state index < -0.39 is 0 Å². The van der Waals surface area contributed by atoms with Gasteiger partial charge in [-0.15, -0.1) is 0 Å². The zero-order valence-corrected chi connectivity index (χ0v) is 15.1. The summed E-state index contributed by atoms with van der Waals surface area (Å²) in [6.07, 6.45) is 2.58. The van der Waals surface area contributed by atoms with E-state index in [-0.39, 0.29) is 5.91 Å². The van der Waals surface area contributed by atoms with Crippen molar-refractivity contribution in [3.05, 3.63) is 89.2 Å². The summed E-state index contributed by atoms with van der Waals surface area (Å²) < 4.78 is 0. The number of hydrogen-bond acceptors (Lipinski definition) is 3. The molecule has 0 aliphatic carbocycles. The Morgan fingerprint density at radius 1 is 0.923 bits per heavy atom. The van der Waals surface area contributed by atoms with Crippen LogP contribution in [0.15, 0.2) is 66.9 Å². The van der Waals surface area contributed by atoms with Gasteiger partial charge in [-0.05, 0) is 61.2 Å². The largest absolute Gasteiger partial charge is 0.385 e. The van der Waals surface area contributed by atoms with Crippen LogP contribution in [0.3, 0.4) is 0 Å². The number of aryl methyl sites for hydroxylation is 2. The van der Waals surface area contributed by atoms with Gasteiger partial charge in [-0.2, -0.15) is 0 Å². The first-order chi connectivity index (χ1) is 12.6. The Balaban J connectivity index is 1.61. The van der Waals surface area contributed by atoms with Gasteiger partial charge in [-0.3, -0.25) is 9.78 Å². The first-order valence-corrected chi connectivity index (χ1v) is 8.74. The predicted molar refractivity (Wildman–Crippen MR) is 107 cm³/mol. The van der Waals surface area contributed by atoms with Crippen LogP contribution in [0, 0.1) is 13.8 Å². The number of nitrogens with one attached hydrogen (secondary N) is 2. The summed E-state index contributed by atoms with van der Waals surface area (Å²) in [4.78, 5) is 16.7. The van der Waals surface area contributed by atoms with Crippen molar-refractivity contribution >= 4 is 17.3 Å². The van der Waals surface area contributed by atoms with Crippen LogP contribution >= 0.6 is 0 Å². The lowest BCUT2D eigenvalue weighted by Gasteiger charge is -2.10. The smallest absolute Gasteiger partial charge is 0.274 e. The Morgan fingerprint density at radius 2 is 1.65 bits per heavy atom. The fourth-order valence-corrected chi connectivity index (χ4v) is 2.90. The number of carbonyl (C=O) groups excluding carboxylic acids is 1. The number of benzene rings is 2. The predicted octanol–water partition coefficient (Wildman–Crippen LogP) is 4.61. The Kier molecular flexibility index (Phi) is 5.64. The molecule has 4 heteroatoms. The molecule has 2 N–H and O–H groups in total. The van der Waals surface area contributed by atoms with Crippen molar-refractivity contribution in [2.24, 2.45) is 0 Å². The van der Waals surface area contributed by atoms with E-state index in [0.717, 1.165) is 35.5 Å². The maximum atomic E-state index is 12.5. The Labute approximate surface area is 154 Å². The quantitative estimate of drug-likeness (QED) is 0.686. The van der Waals surface area contributed by atoms with Gasteiger partial charge >= 0.3 is 0 Å². The third kappa shape index (κ3) is 4.93. The first kappa shape index (κ1) is 17.7. The number of aromatic nitrogens is 1. The Morgan fingerprint density at radius 3 is 2.38 bits per heavy atom. The SMILES string of the molecule is Cc1cc(C)cc(NC(=O)c2cc(NCCc3ccccc3)ccn2)c1. The van der Waals surface area contributed by atoms with Crippen LogP contribution in [0.5, 0.6) is 0 Å². The van der Waals surface area contributed by atoms with Crippen LogP contribution in [0.1, 0.15) is 27.2 Å². The summed E-state index contributed by atoms with van der Waals surface area (Å²) in [5, 5.41) is 6.27. The molecule has 0 spiro atoms. The van der Waals surface area contributed by atoms with Gasteiger partial charge in [0.05, 0.1) is 0 Å². The van der Waals surface area contributed by atoms with Gasteiger partial charge < -0.3 is 10.6 Å². The van der Waals surface area contributed by atoms with Crippen molar-refractivity contribution in [1.82, 2.24) is 4.98 Å². The molecule has 3 rings (SSSR count). The molecule has 3 aromatic rings. The lowest BCUT2D eigenvalue weighted by atomic mass is 10.1. The van der Waals surface area contributed by atoms with Crippen molar-refractivity contribution < 1.29 is 4.79 Å². The Hall–Kier alpha value is -3.14. The summed E-state index contributed by atoms with van der Waals surface area (Å²) in [7, 11) is 0. The molecule has 132 valence electrons. The molecule has 4 nitrogen and oxygen atoms in total. The second-order valence-corrected chi connectivity index (χ2v) is 6.42. The minimum atomic E-state index is -0.207. The monoisotopic (exact) mass is 345 g/mol. The summed E-state index contributed by atoms with van der Waals surface area (Å²) >= 11 is 0. The maximum absolute atomic E-state index is 12.5. The second-order valence-electron chi connectivity index (χ2n) is 6.42. The molecule has 0 saturated carbocycles. The van der Waals surface area contributed by atoms with Gasteiger partial charge in [0.25, 0.3) is 5.91 Å². The van der Waals surface area contributed by atoms with Crippen molar-refractivity contribution in [2.75, 3.05) is 17.2 Å². The average molecular weight is 345 g/mol. The zero-order valence-electron chi connectivity index (χ0n) is 15.1. The van der Waals surface area contributed by atoms with E-state index in [1.54, 1.807) is 12.3 Å². The highest BCUT2D eigenvalue weighted by atomic mass is 16.1. The summed E-state index contributed by atoms with van der Waals surface area (Å²) in [6.45, 7) is 4.82. The van der Waals surface area contributed by atoms with Gasteiger partial charge in [-0.25, -0.2) is 0 Å². The number of rotatable bonds is 6. The third-order valence-electron chi connectivity index (χ3n) is 4.06. The van der Waals surface area contributed by atoms with Crippen molar-refractivity contribution in [2.45, 2.75) is 20.3 Å². The van der Waals surface area contributed by atoms with E-state index in [4.69, 9.17) is 0 Å². The van der Waals surface area contributed by atoms with Crippen LogP contribution in [0.2, 0.25) is 0 Å². The Bertz CT molecular complexity index is 871. The highest BCUT2D eigenvalue weighted by molar-refractivity contribution is 6.03. The highest BCUT2D eigenvalue weighted by Gasteiger charge is 2.09. The van der Waals surface area contributed by atoms with Crippen molar-refractivity contribution in [3.8, 4) is 0 Å². The van der Waals surface area contributed by atoms with E-state index in [0.29, 0.717) is 5.69 Å². The molecule has 0 saturated heterocycles. The molecule has 1 amide bonds. The molecule has 0 fully saturated rings. The van der Waals surface area contributed by atoms with Crippen LogP contribution in [-0.4, -0.2) is 17.4 Å². The minimum absolute atomic E-state index is 0.207. The molecule has 26 heavy (non-hydrogen) atoms. The van der Waals surface area contributed by atoms with E-state index in [1.165, 1.54) is 5.56 Å². The van der Waals surface area contributed by atoms with Crippen LogP contribution < -0.4 is 10.6 Å². The first-order valence-electron chi connectivity index (χ1n) is 8.74. The number of nitrogens with zero attached hydrogens (tertiary/aromatic N) is 1. The lowest BCUT2D eigenvalue weighted by Crippen LogP contribution is -2.14. The highest BCUT2D eigenvalue weighted by Crippen LogP contribution is 2.16. The third-order valence-corrected chi connectivity index (χ3v) is 4.06. The fourth-order valence-electron chi connectivity index (χ4n) is 2.90. The number of amides is 1. The zero-order chi connectivity index (χ0) is 18.4. The summed E-state index contributed by atoms with van der Waals surface area (Å²) in [5.74, 6) is -0.207. The molecule has 0 aliphatic rings. The average Bonchev–Trinajstić information content (AvgIpc) is 2.62. The van der Waals surface area contributed by atoms with Crippen LogP contribution in [0.25, 0.3) is 0 Å². The standard InChI is InChI=1S/C22H23N3O/c1-16-12-17(2)14-20(13-16)25-22(26)21-15-19(9-11-24-21)23-10-8-18-6-4-3-5-7-18/h3-7,9,11-15H,8,10H2,1-2H3,(H,23,24)(H,25,26). The number of carbonyl (C=O) groups is 1. The van der Waals surface area contributed by atoms with E-state index >= 15 is 0 Å². The molecule has 2 aromatic carbocycles. The summed E-state index contributed by atoms with van der Waals surface area (Å²) in [6, 6.07) is 19.9. The van der Waals surface area contributed by atoms with E-state index in [2.05, 4.69) is 33.8 Å². The number of pyridine rings is 1. The molecule has 0 aliphatic heterocycles. The maximum Gasteiger partial charge on any atom is 0.274 e. The van der Waals surface area contributed by atoms with Gasteiger partial charge in [0, 0.05) is 24.1 Å². The molecule has 0 atom stereocenters. The molecule has 0 radical (unpaired) electrons. The molecular weight excluding hydrogens is 322 g/mol. The van der Waals surface area contributed by atoms with Crippen LogP contribution in [0.4, 0.5) is 11.4 Å². The van der Waals surface area contributed by atoms with Crippen molar-refractivity contribution in [1.29, 1.82) is 0 Å². The van der Waals surface area contributed by atoms with Gasteiger partial charge in [0.1, 0.15) is 5.69 Å². The molecule has 1 aromatic heterocycles.